The monoisotopic (exact) mass is 343 g/mol. The van der Waals surface area contributed by atoms with Gasteiger partial charge in [-0.3, -0.25) is 10.1 Å². The Labute approximate surface area is 125 Å². The first-order valence-electron chi connectivity index (χ1n) is 6.71. The topological polar surface area (TPSA) is 88.3 Å². The number of hydrogen-bond acceptors (Lipinski definition) is 5. The molecule has 6 nitrogen and oxygen atoms in total. The van der Waals surface area contributed by atoms with E-state index in [1.807, 2.05) is 0 Å². The van der Waals surface area contributed by atoms with Gasteiger partial charge in [-0.1, -0.05) is 12.8 Å². The molecular weight excluding hydrogens is 326 g/mol. The average Bonchev–Trinajstić information content (AvgIpc) is 2.44. The van der Waals surface area contributed by atoms with Crippen LogP contribution in [0.15, 0.2) is 10.7 Å². The summed E-state index contributed by atoms with van der Waals surface area (Å²) in [6.45, 7) is 1.85. The minimum absolute atomic E-state index is 0.00442. The summed E-state index contributed by atoms with van der Waals surface area (Å²) in [6, 6.07) is 0.165. The van der Waals surface area contributed by atoms with Crippen molar-refractivity contribution in [3.8, 4) is 0 Å². The fourth-order valence-electron chi connectivity index (χ4n) is 2.65. The Hall–Kier alpha value is -1.21. The van der Waals surface area contributed by atoms with Crippen molar-refractivity contribution in [2.45, 2.75) is 38.6 Å². The third-order valence-electron chi connectivity index (χ3n) is 3.90. The first-order chi connectivity index (χ1) is 9.54. The maximum absolute atomic E-state index is 10.9. The van der Waals surface area contributed by atoms with E-state index < -0.39 is 4.92 Å². The minimum Gasteiger partial charge on any atom is -0.396 e. The van der Waals surface area contributed by atoms with Gasteiger partial charge in [0.25, 0.3) is 5.69 Å². The molecule has 2 rings (SSSR count). The van der Waals surface area contributed by atoms with Gasteiger partial charge in [-0.25, -0.2) is 4.98 Å². The minimum atomic E-state index is -0.436. The van der Waals surface area contributed by atoms with Gasteiger partial charge in [0.15, 0.2) is 0 Å². The SMILES string of the molecule is Cc1c([N+](=O)[O-])cnc(NC2CCCCC2CO)c1Br. The third kappa shape index (κ3) is 3.09. The molecule has 0 amide bonds. The van der Waals surface area contributed by atoms with Crippen LogP contribution in [0.4, 0.5) is 11.5 Å². The van der Waals surface area contributed by atoms with Gasteiger partial charge in [-0.2, -0.15) is 0 Å². The average molecular weight is 344 g/mol. The van der Waals surface area contributed by atoms with E-state index in [1.165, 1.54) is 6.20 Å². The zero-order valence-corrected chi connectivity index (χ0v) is 12.9. The zero-order valence-electron chi connectivity index (χ0n) is 11.3. The predicted molar refractivity (Wildman–Crippen MR) is 79.8 cm³/mol. The number of rotatable bonds is 4. The second-order valence-electron chi connectivity index (χ2n) is 5.17. The van der Waals surface area contributed by atoms with Gasteiger partial charge in [0.2, 0.25) is 0 Å². The number of pyridine rings is 1. The number of aliphatic hydroxyl groups is 1. The molecule has 2 unspecified atom stereocenters. The molecule has 0 saturated heterocycles. The smallest absolute Gasteiger partial charge is 0.291 e. The molecule has 0 aliphatic heterocycles. The Morgan fingerprint density at radius 2 is 2.25 bits per heavy atom. The molecule has 2 N–H and O–H groups in total. The fourth-order valence-corrected chi connectivity index (χ4v) is 3.07. The Bertz CT molecular complexity index is 510. The highest BCUT2D eigenvalue weighted by molar-refractivity contribution is 9.10. The molecule has 1 aromatic rings. The molecule has 1 aliphatic rings. The lowest BCUT2D eigenvalue weighted by Crippen LogP contribution is -2.34. The van der Waals surface area contributed by atoms with Crippen molar-refractivity contribution in [3.63, 3.8) is 0 Å². The van der Waals surface area contributed by atoms with Crippen molar-refractivity contribution in [1.29, 1.82) is 0 Å². The van der Waals surface area contributed by atoms with Crippen LogP contribution in [0.2, 0.25) is 0 Å². The van der Waals surface area contributed by atoms with Crippen molar-refractivity contribution >= 4 is 27.4 Å². The summed E-state index contributed by atoms with van der Waals surface area (Å²) < 4.78 is 0.619. The van der Waals surface area contributed by atoms with Gasteiger partial charge in [0.1, 0.15) is 12.0 Å². The second-order valence-corrected chi connectivity index (χ2v) is 5.96. The number of halogens is 1. The van der Waals surface area contributed by atoms with Crippen LogP contribution >= 0.6 is 15.9 Å². The van der Waals surface area contributed by atoms with Gasteiger partial charge in [-0.05, 0) is 35.7 Å². The summed E-state index contributed by atoms with van der Waals surface area (Å²) in [5.41, 5.74) is 0.564. The van der Waals surface area contributed by atoms with E-state index >= 15 is 0 Å². The Morgan fingerprint density at radius 3 is 2.90 bits per heavy atom. The van der Waals surface area contributed by atoms with Gasteiger partial charge >= 0.3 is 0 Å². The summed E-state index contributed by atoms with van der Waals surface area (Å²) in [5, 5.41) is 23.6. The molecule has 1 saturated carbocycles. The lowest BCUT2D eigenvalue weighted by atomic mass is 9.85. The van der Waals surface area contributed by atoms with Crippen molar-refractivity contribution < 1.29 is 10.0 Å². The fraction of sp³-hybridized carbons (Fsp3) is 0.615. The molecule has 0 bridgehead atoms. The molecule has 1 heterocycles. The molecule has 0 spiro atoms. The molecule has 1 fully saturated rings. The maximum atomic E-state index is 10.9. The quantitative estimate of drug-likeness (QED) is 0.647. The predicted octanol–water partition coefficient (Wildman–Crippen LogP) is 3.02. The Kier molecular flexibility index (Phi) is 4.93. The maximum Gasteiger partial charge on any atom is 0.291 e. The number of hydrogen-bond donors (Lipinski definition) is 2. The van der Waals surface area contributed by atoms with E-state index in [4.69, 9.17) is 0 Å². The van der Waals surface area contributed by atoms with Crippen molar-refractivity contribution in [3.05, 3.63) is 26.3 Å². The van der Waals surface area contributed by atoms with Crippen LogP contribution in [0.3, 0.4) is 0 Å². The largest absolute Gasteiger partial charge is 0.396 e. The molecule has 110 valence electrons. The summed E-state index contributed by atoms with van der Waals surface area (Å²) in [6.07, 6.45) is 5.52. The number of nitrogens with zero attached hydrogens (tertiary/aromatic N) is 2. The van der Waals surface area contributed by atoms with Gasteiger partial charge in [-0.15, -0.1) is 0 Å². The first kappa shape index (κ1) is 15.2. The number of anilines is 1. The number of nitrogens with one attached hydrogen (secondary N) is 1. The highest BCUT2D eigenvalue weighted by Crippen LogP contribution is 2.33. The van der Waals surface area contributed by atoms with Gasteiger partial charge in [0, 0.05) is 24.1 Å². The van der Waals surface area contributed by atoms with Crippen LogP contribution in [0, 0.1) is 23.0 Å². The lowest BCUT2D eigenvalue weighted by molar-refractivity contribution is -0.385. The summed E-state index contributed by atoms with van der Waals surface area (Å²) >= 11 is 3.38. The highest BCUT2D eigenvalue weighted by Gasteiger charge is 2.26. The standard InChI is InChI=1S/C13H18BrN3O3/c1-8-11(17(19)20)6-15-13(12(8)14)16-10-5-3-2-4-9(10)7-18/h6,9-10,18H,2-5,7H2,1H3,(H,15,16). The van der Waals surface area contributed by atoms with Gasteiger partial charge < -0.3 is 10.4 Å². The van der Waals surface area contributed by atoms with Crippen molar-refractivity contribution in [2.24, 2.45) is 5.92 Å². The van der Waals surface area contributed by atoms with Crippen molar-refractivity contribution in [2.75, 3.05) is 11.9 Å². The van der Waals surface area contributed by atoms with Crippen LogP contribution < -0.4 is 5.32 Å². The highest BCUT2D eigenvalue weighted by atomic mass is 79.9. The number of nitro groups is 1. The van der Waals surface area contributed by atoms with E-state index in [9.17, 15) is 15.2 Å². The normalized spacial score (nSPS) is 22.6. The molecule has 20 heavy (non-hydrogen) atoms. The summed E-state index contributed by atoms with van der Waals surface area (Å²) in [5.74, 6) is 0.825. The second kappa shape index (κ2) is 6.49. The molecule has 1 aliphatic carbocycles. The van der Waals surface area contributed by atoms with E-state index in [-0.39, 0.29) is 24.3 Å². The summed E-state index contributed by atoms with van der Waals surface area (Å²) in [7, 11) is 0. The molecule has 0 radical (unpaired) electrons. The van der Waals surface area contributed by atoms with E-state index in [1.54, 1.807) is 6.92 Å². The van der Waals surface area contributed by atoms with Gasteiger partial charge in [0.05, 0.1) is 9.40 Å². The lowest BCUT2D eigenvalue weighted by Gasteiger charge is -2.31. The van der Waals surface area contributed by atoms with Crippen molar-refractivity contribution in [1.82, 2.24) is 4.98 Å². The van der Waals surface area contributed by atoms with Crippen LogP contribution in [0.25, 0.3) is 0 Å². The Balaban J connectivity index is 2.21. The zero-order chi connectivity index (χ0) is 14.7. The molecule has 2 atom stereocenters. The van der Waals surface area contributed by atoms with Crippen LogP contribution in [0.1, 0.15) is 31.2 Å². The third-order valence-corrected chi connectivity index (χ3v) is 4.87. The Morgan fingerprint density at radius 1 is 1.55 bits per heavy atom. The van der Waals surface area contributed by atoms with Crippen LogP contribution in [-0.4, -0.2) is 27.7 Å². The van der Waals surface area contributed by atoms with Crippen LogP contribution in [0.5, 0.6) is 0 Å². The first-order valence-corrected chi connectivity index (χ1v) is 7.50. The number of aromatic nitrogens is 1. The molecule has 7 heteroatoms. The van der Waals surface area contributed by atoms with Crippen LogP contribution in [-0.2, 0) is 0 Å². The van der Waals surface area contributed by atoms with E-state index in [2.05, 4.69) is 26.2 Å². The molecular formula is C13H18BrN3O3. The summed E-state index contributed by atoms with van der Waals surface area (Å²) in [4.78, 5) is 14.6. The molecule has 1 aromatic heterocycles. The van der Waals surface area contributed by atoms with E-state index in [0.29, 0.717) is 15.9 Å². The van der Waals surface area contributed by atoms with E-state index in [0.717, 1.165) is 25.7 Å². The number of aliphatic hydroxyl groups excluding tert-OH is 1. The molecule has 0 aromatic carbocycles.